The van der Waals surface area contributed by atoms with Gasteiger partial charge in [-0.25, -0.2) is 29.5 Å². The van der Waals surface area contributed by atoms with Crippen LogP contribution in [0.3, 0.4) is 0 Å². The molecule has 0 aromatic carbocycles. The zero-order chi connectivity index (χ0) is 26.2. The van der Waals surface area contributed by atoms with E-state index in [1.54, 1.807) is 12.1 Å². The number of aromatic nitrogens is 4. The Morgan fingerprint density at radius 3 is 1.55 bits per heavy atom. The molecule has 12 heteroatoms. The summed E-state index contributed by atoms with van der Waals surface area (Å²) in [6.45, 7) is 2.81. The van der Waals surface area contributed by atoms with Gasteiger partial charge in [0.25, 0.3) is 0 Å². The predicted octanol–water partition coefficient (Wildman–Crippen LogP) is 3.34. The lowest BCUT2D eigenvalue weighted by Gasteiger charge is -2.10. The van der Waals surface area contributed by atoms with E-state index in [1.165, 1.54) is 0 Å². The number of pyridine rings is 4. The van der Waals surface area contributed by atoms with Crippen LogP contribution in [0.5, 0.6) is 0 Å². The van der Waals surface area contributed by atoms with Crippen LogP contribution in [-0.2, 0) is 22.6 Å². The summed E-state index contributed by atoms with van der Waals surface area (Å²) >= 11 is 0. The molecule has 5 heterocycles. The quantitative estimate of drug-likeness (QED) is 0.274. The first-order valence-corrected chi connectivity index (χ1v) is 12.4. The maximum Gasteiger partial charge on any atom is 0.412 e. The van der Waals surface area contributed by atoms with Crippen molar-refractivity contribution in [3.05, 3.63) is 59.9 Å². The summed E-state index contributed by atoms with van der Waals surface area (Å²) in [5, 5.41) is 13.6. The summed E-state index contributed by atoms with van der Waals surface area (Å²) in [7, 11) is 0. The maximum absolute atomic E-state index is 12.1. The Hall–Kier alpha value is -4.42. The number of carbonyl (C=O) groups excluding carboxylic acids is 2. The molecule has 0 fully saturated rings. The molecular formula is C26H28N8O4. The molecule has 1 aliphatic rings. The van der Waals surface area contributed by atoms with E-state index in [1.807, 2.05) is 36.4 Å². The van der Waals surface area contributed by atoms with E-state index in [4.69, 9.17) is 9.47 Å². The Labute approximate surface area is 218 Å². The Morgan fingerprint density at radius 1 is 0.579 bits per heavy atom. The molecule has 0 radical (unpaired) electrons. The molecule has 4 aromatic heterocycles. The lowest BCUT2D eigenvalue weighted by atomic mass is 10.2. The summed E-state index contributed by atoms with van der Waals surface area (Å²) < 4.78 is 10.5. The fraction of sp³-hybridized carbons (Fsp3) is 0.308. The smallest absolute Gasteiger partial charge is 0.412 e. The van der Waals surface area contributed by atoms with Crippen molar-refractivity contribution >= 4 is 45.9 Å². The molecular weight excluding hydrogens is 488 g/mol. The normalized spacial score (nSPS) is 16.3. The van der Waals surface area contributed by atoms with Gasteiger partial charge in [-0.15, -0.1) is 0 Å². The number of anilines is 2. The fourth-order valence-corrected chi connectivity index (χ4v) is 3.86. The van der Waals surface area contributed by atoms with Gasteiger partial charge in [-0.2, -0.15) is 0 Å². The number of hydrogen-bond acceptors (Lipinski definition) is 10. The molecule has 0 unspecified atom stereocenters. The highest BCUT2D eigenvalue weighted by Gasteiger charge is 2.09. The number of amides is 2. The third-order valence-corrected chi connectivity index (χ3v) is 5.75. The lowest BCUT2D eigenvalue weighted by molar-refractivity contribution is 0.158. The second-order valence-electron chi connectivity index (χ2n) is 8.67. The SMILES string of the molecule is O=C1Nc2ccc3ccc(nc3n2)CNCc2ccc3ccc(nc3n2)NC(=O)OCCCNCCCO1. The average molecular weight is 517 g/mol. The van der Waals surface area contributed by atoms with Crippen LogP contribution >= 0.6 is 0 Å². The Kier molecular flexibility index (Phi) is 8.11. The van der Waals surface area contributed by atoms with Crippen molar-refractivity contribution in [2.45, 2.75) is 25.9 Å². The minimum Gasteiger partial charge on any atom is -0.449 e. The third-order valence-electron chi connectivity index (χ3n) is 5.75. The Balaban J connectivity index is 1.31. The van der Waals surface area contributed by atoms with E-state index in [0.29, 0.717) is 62.0 Å². The van der Waals surface area contributed by atoms with E-state index in [-0.39, 0.29) is 13.2 Å². The number of rotatable bonds is 0. The van der Waals surface area contributed by atoms with Gasteiger partial charge in [0.15, 0.2) is 11.3 Å². The molecule has 1 aliphatic heterocycles. The van der Waals surface area contributed by atoms with Gasteiger partial charge in [-0.1, -0.05) is 0 Å². The third kappa shape index (κ3) is 6.87. The van der Waals surface area contributed by atoms with Crippen LogP contribution in [0.4, 0.5) is 21.2 Å². The molecule has 2 amide bonds. The number of nitrogens with one attached hydrogen (secondary N) is 4. The van der Waals surface area contributed by atoms with Gasteiger partial charge in [0, 0.05) is 23.9 Å². The molecule has 0 aliphatic carbocycles. The van der Waals surface area contributed by atoms with E-state index >= 15 is 0 Å². The van der Waals surface area contributed by atoms with Gasteiger partial charge in [-0.05, 0) is 74.5 Å². The topological polar surface area (TPSA) is 152 Å². The van der Waals surface area contributed by atoms with Crippen LogP contribution in [0, 0.1) is 0 Å². The first-order chi connectivity index (χ1) is 18.6. The molecule has 38 heavy (non-hydrogen) atoms. The van der Waals surface area contributed by atoms with Gasteiger partial charge >= 0.3 is 12.2 Å². The molecule has 4 N–H and O–H groups in total. The number of cyclic esters (lactones) is 2. The van der Waals surface area contributed by atoms with Crippen LogP contribution < -0.4 is 21.3 Å². The van der Waals surface area contributed by atoms with Crippen molar-refractivity contribution in [3.63, 3.8) is 0 Å². The van der Waals surface area contributed by atoms with Crippen LogP contribution in [0.25, 0.3) is 22.1 Å². The van der Waals surface area contributed by atoms with Crippen molar-refractivity contribution in [1.82, 2.24) is 30.6 Å². The number of fused-ring (bicyclic) bond motifs is 4. The summed E-state index contributed by atoms with van der Waals surface area (Å²) in [5.41, 5.74) is 2.64. The minimum absolute atomic E-state index is 0.258. The molecule has 0 spiro atoms. The highest BCUT2D eigenvalue weighted by molar-refractivity contribution is 5.86. The predicted molar refractivity (Wildman–Crippen MR) is 142 cm³/mol. The van der Waals surface area contributed by atoms with Gasteiger partial charge in [-0.3, -0.25) is 10.6 Å². The fourth-order valence-electron chi connectivity index (χ4n) is 3.86. The molecule has 0 saturated carbocycles. The summed E-state index contributed by atoms with van der Waals surface area (Å²) in [6.07, 6.45) is 0.140. The molecule has 5 rings (SSSR count). The summed E-state index contributed by atoms with van der Waals surface area (Å²) in [5.74, 6) is 0.742. The minimum atomic E-state index is -0.570. The van der Waals surface area contributed by atoms with Crippen molar-refractivity contribution in [2.75, 3.05) is 36.9 Å². The molecule has 0 atom stereocenters. The van der Waals surface area contributed by atoms with Crippen molar-refractivity contribution in [2.24, 2.45) is 0 Å². The van der Waals surface area contributed by atoms with Crippen molar-refractivity contribution in [3.8, 4) is 0 Å². The van der Waals surface area contributed by atoms with Crippen molar-refractivity contribution in [1.29, 1.82) is 0 Å². The van der Waals surface area contributed by atoms with Crippen LogP contribution in [0.1, 0.15) is 24.2 Å². The monoisotopic (exact) mass is 516 g/mol. The number of nitrogens with zero attached hydrogens (tertiary/aromatic N) is 4. The molecule has 196 valence electrons. The first-order valence-electron chi connectivity index (χ1n) is 12.4. The van der Waals surface area contributed by atoms with E-state index in [9.17, 15) is 9.59 Å². The molecule has 4 aromatic rings. The van der Waals surface area contributed by atoms with Crippen LogP contribution in [0.2, 0.25) is 0 Å². The van der Waals surface area contributed by atoms with Gasteiger partial charge in [0.05, 0.1) is 24.6 Å². The lowest BCUT2D eigenvalue weighted by Crippen LogP contribution is -2.22. The van der Waals surface area contributed by atoms with Gasteiger partial charge < -0.3 is 20.1 Å². The number of hydrogen-bond donors (Lipinski definition) is 4. The van der Waals surface area contributed by atoms with E-state index in [2.05, 4.69) is 41.2 Å². The Morgan fingerprint density at radius 2 is 1.05 bits per heavy atom. The van der Waals surface area contributed by atoms with E-state index in [0.717, 1.165) is 22.2 Å². The molecule has 12 nitrogen and oxygen atoms in total. The molecule has 0 saturated heterocycles. The zero-order valence-corrected chi connectivity index (χ0v) is 20.7. The van der Waals surface area contributed by atoms with Crippen LogP contribution in [0.15, 0.2) is 48.5 Å². The first kappa shape index (κ1) is 25.2. The van der Waals surface area contributed by atoms with E-state index < -0.39 is 12.2 Å². The second kappa shape index (κ2) is 12.2. The molecule has 6 bridgehead atoms. The number of ether oxygens (including phenoxy) is 2. The Bertz CT molecular complexity index is 1340. The second-order valence-corrected chi connectivity index (χ2v) is 8.67. The van der Waals surface area contributed by atoms with Crippen LogP contribution in [-0.4, -0.2) is 58.4 Å². The zero-order valence-electron chi connectivity index (χ0n) is 20.7. The summed E-state index contributed by atoms with van der Waals surface area (Å²) in [4.78, 5) is 42.4. The maximum atomic E-state index is 12.1. The highest BCUT2D eigenvalue weighted by Crippen LogP contribution is 2.16. The van der Waals surface area contributed by atoms with Gasteiger partial charge in [0.2, 0.25) is 0 Å². The standard InChI is InChI=1S/C26H28N8O4/c35-25-33-21-9-5-17-3-7-19(29-23(17)31-21)15-28-16-20-8-4-18-6-10-22(32-24(18)30-20)34-26(36)38-14-2-12-27-11-1-13-37-25/h3-10,27-28H,1-2,11-16H2,(H,29,31,33,35)(H,30,32,34,36). The number of carbonyl (C=O) groups is 2. The highest BCUT2D eigenvalue weighted by atomic mass is 16.6. The summed E-state index contributed by atoms with van der Waals surface area (Å²) in [6, 6.07) is 14.9. The largest absolute Gasteiger partial charge is 0.449 e. The average Bonchev–Trinajstić information content (AvgIpc) is 2.91. The van der Waals surface area contributed by atoms with Gasteiger partial charge in [0.1, 0.15) is 11.6 Å². The van der Waals surface area contributed by atoms with Crippen molar-refractivity contribution < 1.29 is 19.1 Å².